The molecule has 3 aromatic rings. The van der Waals surface area contributed by atoms with Crippen LogP contribution in [0, 0.1) is 5.82 Å². The normalized spacial score (nSPS) is 14.8. The second kappa shape index (κ2) is 7.51. The van der Waals surface area contributed by atoms with Gasteiger partial charge in [0.1, 0.15) is 5.75 Å². The van der Waals surface area contributed by atoms with Crippen LogP contribution in [0.3, 0.4) is 0 Å². The van der Waals surface area contributed by atoms with Gasteiger partial charge in [-0.2, -0.15) is 0 Å². The predicted octanol–water partition coefficient (Wildman–Crippen LogP) is 3.23. The van der Waals surface area contributed by atoms with Crippen LogP contribution in [0.25, 0.3) is 11.0 Å². The van der Waals surface area contributed by atoms with Gasteiger partial charge in [0.05, 0.1) is 42.7 Å². The van der Waals surface area contributed by atoms with E-state index in [0.717, 1.165) is 21.9 Å². The summed E-state index contributed by atoms with van der Waals surface area (Å²) in [5.41, 5.74) is 2.76. The summed E-state index contributed by atoms with van der Waals surface area (Å²) in [7, 11) is 1.62. The summed E-state index contributed by atoms with van der Waals surface area (Å²) in [4.78, 5) is 14.0. The molecule has 1 saturated heterocycles. The average Bonchev–Trinajstić information content (AvgIpc) is 3.10. The van der Waals surface area contributed by atoms with Crippen LogP contribution < -0.4 is 9.64 Å². The number of hydrogen-bond acceptors (Lipinski definition) is 6. The Labute approximate surface area is 154 Å². The van der Waals surface area contributed by atoms with Gasteiger partial charge >= 0.3 is 0 Å². The fourth-order valence-electron chi connectivity index (χ4n) is 2.92. The maximum Gasteiger partial charge on any atom is 0.168 e. The van der Waals surface area contributed by atoms with Gasteiger partial charge in [-0.05, 0) is 18.2 Å². The molecule has 0 bridgehead atoms. The van der Waals surface area contributed by atoms with Crippen LogP contribution in [0.1, 0.15) is 5.69 Å². The van der Waals surface area contributed by atoms with Crippen molar-refractivity contribution in [2.24, 2.45) is 0 Å². The third-order valence-corrected chi connectivity index (χ3v) is 5.19. The first-order valence-corrected chi connectivity index (χ1v) is 9.36. The first kappa shape index (κ1) is 17.1. The molecule has 8 heteroatoms. The van der Waals surface area contributed by atoms with Crippen molar-refractivity contribution < 1.29 is 13.9 Å². The largest absolute Gasteiger partial charge is 0.497 e. The lowest BCUT2D eigenvalue weighted by Crippen LogP contribution is -2.36. The highest BCUT2D eigenvalue weighted by Gasteiger charge is 2.18. The zero-order valence-corrected chi connectivity index (χ0v) is 15.2. The SMILES string of the molecule is COc1ccc2[nH]c(SCc3nccc(N4CCOCC4)c3F)nc2c1. The third-order valence-electron chi connectivity index (χ3n) is 4.31. The maximum absolute atomic E-state index is 14.9. The number of methoxy groups -OCH3 is 1. The van der Waals surface area contributed by atoms with Crippen molar-refractivity contribution in [1.82, 2.24) is 15.0 Å². The van der Waals surface area contributed by atoms with Gasteiger partial charge in [0.25, 0.3) is 0 Å². The van der Waals surface area contributed by atoms with Gasteiger partial charge in [0.15, 0.2) is 11.0 Å². The van der Waals surface area contributed by atoms with E-state index in [9.17, 15) is 4.39 Å². The molecule has 3 heterocycles. The summed E-state index contributed by atoms with van der Waals surface area (Å²) in [6.45, 7) is 2.63. The minimum absolute atomic E-state index is 0.264. The molecule has 0 radical (unpaired) electrons. The molecule has 1 aromatic carbocycles. The number of morpholine rings is 1. The summed E-state index contributed by atoms with van der Waals surface area (Å²) < 4.78 is 25.4. The highest BCUT2D eigenvalue weighted by Crippen LogP contribution is 2.28. The van der Waals surface area contributed by atoms with Crippen molar-refractivity contribution >= 4 is 28.5 Å². The van der Waals surface area contributed by atoms with E-state index in [2.05, 4.69) is 15.0 Å². The molecule has 0 amide bonds. The van der Waals surface area contributed by atoms with Crippen LogP contribution in [0.15, 0.2) is 35.6 Å². The van der Waals surface area contributed by atoms with Crippen LogP contribution in [-0.2, 0) is 10.5 Å². The van der Waals surface area contributed by atoms with Crippen molar-refractivity contribution in [3.63, 3.8) is 0 Å². The minimum atomic E-state index is -0.264. The molecule has 136 valence electrons. The smallest absolute Gasteiger partial charge is 0.168 e. The number of rotatable bonds is 5. The van der Waals surface area contributed by atoms with Gasteiger partial charge in [0.2, 0.25) is 0 Å². The Balaban J connectivity index is 1.50. The Kier molecular flexibility index (Phi) is 4.94. The Morgan fingerprint density at radius 1 is 1.31 bits per heavy atom. The van der Waals surface area contributed by atoms with Crippen molar-refractivity contribution in [2.75, 3.05) is 38.3 Å². The lowest BCUT2D eigenvalue weighted by atomic mass is 10.2. The summed E-state index contributed by atoms with van der Waals surface area (Å²) in [6, 6.07) is 7.39. The molecule has 1 fully saturated rings. The highest BCUT2D eigenvalue weighted by molar-refractivity contribution is 7.98. The molecule has 6 nitrogen and oxygen atoms in total. The standard InChI is InChI=1S/C18H19FN4O2S/c1-24-12-2-3-13-14(10-12)22-18(21-13)26-11-15-17(19)16(4-5-20-15)23-6-8-25-9-7-23/h2-5,10H,6-9,11H2,1H3,(H,21,22). The van der Waals surface area contributed by atoms with Gasteiger partial charge < -0.3 is 19.4 Å². The molecule has 1 aliphatic heterocycles. The molecule has 0 atom stereocenters. The summed E-state index contributed by atoms with van der Waals surface area (Å²) >= 11 is 1.43. The van der Waals surface area contributed by atoms with E-state index in [1.54, 1.807) is 19.4 Å². The second-order valence-electron chi connectivity index (χ2n) is 5.90. The summed E-state index contributed by atoms with van der Waals surface area (Å²) in [6.07, 6.45) is 1.66. The van der Waals surface area contributed by atoms with Crippen LogP contribution in [0.2, 0.25) is 0 Å². The number of nitrogens with zero attached hydrogens (tertiary/aromatic N) is 3. The number of halogens is 1. The quantitative estimate of drug-likeness (QED) is 0.692. The average molecular weight is 374 g/mol. The molecule has 4 rings (SSSR count). The molecule has 0 spiro atoms. The number of H-pyrrole nitrogens is 1. The van der Waals surface area contributed by atoms with E-state index in [-0.39, 0.29) is 5.82 Å². The number of nitrogens with one attached hydrogen (secondary N) is 1. The molecule has 1 N–H and O–H groups in total. The minimum Gasteiger partial charge on any atom is -0.497 e. The first-order chi connectivity index (χ1) is 12.7. The molecule has 0 unspecified atom stereocenters. The molecule has 0 saturated carbocycles. The van der Waals surface area contributed by atoms with Gasteiger partial charge in [-0.15, -0.1) is 0 Å². The van der Waals surface area contributed by atoms with E-state index < -0.39 is 0 Å². The van der Waals surface area contributed by atoms with E-state index in [4.69, 9.17) is 9.47 Å². The number of imidazole rings is 1. The zero-order valence-electron chi connectivity index (χ0n) is 14.4. The van der Waals surface area contributed by atoms with Crippen LogP contribution in [0.4, 0.5) is 10.1 Å². The second-order valence-corrected chi connectivity index (χ2v) is 6.87. The van der Waals surface area contributed by atoms with E-state index in [1.807, 2.05) is 23.1 Å². The fraction of sp³-hybridized carbons (Fsp3) is 0.333. The Morgan fingerprint density at radius 2 is 2.15 bits per heavy atom. The van der Waals surface area contributed by atoms with Crippen LogP contribution >= 0.6 is 11.8 Å². The number of ether oxygens (including phenoxy) is 2. The number of benzene rings is 1. The fourth-order valence-corrected chi connectivity index (χ4v) is 3.74. The number of pyridine rings is 1. The maximum atomic E-state index is 14.9. The van der Waals surface area contributed by atoms with E-state index in [1.165, 1.54) is 11.8 Å². The predicted molar refractivity (Wildman–Crippen MR) is 99.4 cm³/mol. The number of hydrogen-bond donors (Lipinski definition) is 1. The van der Waals surface area contributed by atoms with Crippen molar-refractivity contribution in [1.29, 1.82) is 0 Å². The number of aromatic amines is 1. The zero-order chi connectivity index (χ0) is 17.9. The lowest BCUT2D eigenvalue weighted by molar-refractivity contribution is 0.122. The number of fused-ring (bicyclic) bond motifs is 1. The molecule has 26 heavy (non-hydrogen) atoms. The Bertz CT molecular complexity index is 911. The number of aromatic nitrogens is 3. The monoisotopic (exact) mass is 374 g/mol. The van der Waals surface area contributed by atoms with E-state index >= 15 is 0 Å². The van der Waals surface area contributed by atoms with E-state index in [0.29, 0.717) is 43.4 Å². The molecule has 0 aliphatic carbocycles. The molecule has 2 aromatic heterocycles. The first-order valence-electron chi connectivity index (χ1n) is 8.37. The molecular weight excluding hydrogens is 355 g/mol. The highest BCUT2D eigenvalue weighted by atomic mass is 32.2. The third kappa shape index (κ3) is 3.47. The summed E-state index contributed by atoms with van der Waals surface area (Å²) in [5.74, 6) is 0.896. The van der Waals surface area contributed by atoms with Gasteiger partial charge in [0, 0.05) is 31.1 Å². The van der Waals surface area contributed by atoms with Gasteiger partial charge in [-0.3, -0.25) is 4.98 Å². The Hall–Kier alpha value is -2.32. The summed E-state index contributed by atoms with van der Waals surface area (Å²) in [5, 5.41) is 0.728. The van der Waals surface area contributed by atoms with Crippen molar-refractivity contribution in [3.8, 4) is 5.75 Å². The Morgan fingerprint density at radius 3 is 2.96 bits per heavy atom. The number of anilines is 1. The molecule has 1 aliphatic rings. The molecular formula is C18H19FN4O2S. The topological polar surface area (TPSA) is 63.3 Å². The van der Waals surface area contributed by atoms with Gasteiger partial charge in [-0.25, -0.2) is 9.37 Å². The number of thioether (sulfide) groups is 1. The van der Waals surface area contributed by atoms with Gasteiger partial charge in [-0.1, -0.05) is 11.8 Å². The van der Waals surface area contributed by atoms with Crippen molar-refractivity contribution in [2.45, 2.75) is 10.9 Å². The van der Waals surface area contributed by atoms with Crippen LogP contribution in [-0.4, -0.2) is 48.4 Å². The lowest BCUT2D eigenvalue weighted by Gasteiger charge is -2.29. The van der Waals surface area contributed by atoms with Crippen LogP contribution in [0.5, 0.6) is 5.75 Å². The van der Waals surface area contributed by atoms with Crippen molar-refractivity contribution in [3.05, 3.63) is 42.0 Å².